The van der Waals surface area contributed by atoms with Gasteiger partial charge >= 0.3 is 0 Å². The molecule has 3 aromatic carbocycles. The Morgan fingerprint density at radius 3 is 2.46 bits per heavy atom. The zero-order valence-corrected chi connectivity index (χ0v) is 14.9. The predicted molar refractivity (Wildman–Crippen MR) is 104 cm³/mol. The van der Waals surface area contributed by atoms with Gasteiger partial charge in [-0.1, -0.05) is 48.5 Å². The van der Waals surface area contributed by atoms with E-state index in [0.29, 0.717) is 12.0 Å². The molecular weight excluding hydrogens is 324 g/mol. The zero-order valence-electron chi connectivity index (χ0n) is 14.9. The van der Waals surface area contributed by atoms with Gasteiger partial charge in [0.2, 0.25) is 0 Å². The number of carbonyl (C=O) groups is 1. The molecule has 0 heterocycles. The normalized spacial score (nSPS) is 10.6. The van der Waals surface area contributed by atoms with Gasteiger partial charge < -0.3 is 5.11 Å². The van der Waals surface area contributed by atoms with Crippen molar-refractivity contribution >= 4 is 5.91 Å². The van der Waals surface area contributed by atoms with Crippen molar-refractivity contribution in [3.05, 3.63) is 88.5 Å². The summed E-state index contributed by atoms with van der Waals surface area (Å²) in [6.45, 7) is 4.18. The molecule has 0 unspecified atom stereocenters. The first-order chi connectivity index (χ1) is 12.5. The number of aryl methyl sites for hydroxylation is 1. The maximum absolute atomic E-state index is 12.1. The lowest BCUT2D eigenvalue weighted by Gasteiger charge is -2.14. The molecular formula is C22H22N2O2. The van der Waals surface area contributed by atoms with E-state index >= 15 is 0 Å². The van der Waals surface area contributed by atoms with E-state index in [2.05, 4.69) is 31.4 Å². The highest BCUT2D eigenvalue weighted by Gasteiger charge is 2.17. The van der Waals surface area contributed by atoms with Gasteiger partial charge in [0.15, 0.2) is 0 Å². The van der Waals surface area contributed by atoms with Crippen LogP contribution in [-0.4, -0.2) is 11.0 Å². The Morgan fingerprint density at radius 2 is 1.77 bits per heavy atom. The molecule has 0 saturated heterocycles. The summed E-state index contributed by atoms with van der Waals surface area (Å²) >= 11 is 0. The highest BCUT2D eigenvalue weighted by atomic mass is 16.3. The van der Waals surface area contributed by atoms with Crippen LogP contribution in [0.3, 0.4) is 0 Å². The average Bonchev–Trinajstić information content (AvgIpc) is 2.66. The quantitative estimate of drug-likeness (QED) is 0.381. The van der Waals surface area contributed by atoms with Crippen molar-refractivity contribution < 1.29 is 9.90 Å². The molecule has 132 valence electrons. The first-order valence-corrected chi connectivity index (χ1v) is 8.48. The van der Waals surface area contributed by atoms with Crippen LogP contribution in [-0.2, 0) is 6.42 Å². The molecule has 0 aliphatic rings. The summed E-state index contributed by atoms with van der Waals surface area (Å²) in [6, 6.07) is 19.3. The van der Waals surface area contributed by atoms with E-state index in [1.54, 1.807) is 6.07 Å². The monoisotopic (exact) mass is 346 g/mol. The number of nitrogens with two attached hydrogens (primary N) is 1. The number of amides is 1. The molecule has 0 fully saturated rings. The third kappa shape index (κ3) is 3.46. The van der Waals surface area contributed by atoms with Crippen LogP contribution < -0.4 is 11.3 Å². The molecule has 0 saturated carbocycles. The molecule has 4 nitrogen and oxygen atoms in total. The molecule has 0 aliphatic heterocycles. The molecule has 0 radical (unpaired) electrons. The maximum Gasteiger partial charge on any atom is 0.268 e. The van der Waals surface area contributed by atoms with Crippen molar-refractivity contribution in [3.63, 3.8) is 0 Å². The Bertz CT molecular complexity index is 950. The Hall–Kier alpha value is -3.11. The minimum absolute atomic E-state index is 0.0659. The molecule has 26 heavy (non-hydrogen) atoms. The number of nitrogens with one attached hydrogen (secondary N) is 1. The van der Waals surface area contributed by atoms with Crippen LogP contribution in [0.2, 0.25) is 0 Å². The first-order valence-electron chi connectivity index (χ1n) is 8.48. The molecule has 4 heteroatoms. The van der Waals surface area contributed by atoms with Crippen molar-refractivity contribution in [2.24, 2.45) is 5.84 Å². The number of phenols is 1. The highest BCUT2D eigenvalue weighted by molar-refractivity contribution is 5.99. The number of carbonyl (C=O) groups excluding carboxylic acids is 1. The minimum Gasteiger partial charge on any atom is -0.506 e. The lowest BCUT2D eigenvalue weighted by molar-refractivity contribution is 0.0951. The third-order valence-electron chi connectivity index (χ3n) is 4.74. The summed E-state index contributed by atoms with van der Waals surface area (Å²) in [5, 5.41) is 10.6. The summed E-state index contributed by atoms with van der Waals surface area (Å²) in [6.07, 6.45) is 0.665. The molecule has 0 spiro atoms. The van der Waals surface area contributed by atoms with Crippen molar-refractivity contribution in [2.45, 2.75) is 20.3 Å². The van der Waals surface area contributed by atoms with E-state index in [-0.39, 0.29) is 11.3 Å². The van der Waals surface area contributed by atoms with Crippen LogP contribution in [0, 0.1) is 13.8 Å². The summed E-state index contributed by atoms with van der Waals surface area (Å²) in [5.41, 5.74) is 8.33. The van der Waals surface area contributed by atoms with Crippen LogP contribution in [0.5, 0.6) is 5.75 Å². The lowest BCUT2D eigenvalue weighted by atomic mass is 9.92. The molecule has 0 aromatic heterocycles. The molecule has 3 aromatic rings. The Labute approximate surface area is 153 Å². The zero-order chi connectivity index (χ0) is 18.7. The Kier molecular flexibility index (Phi) is 5.05. The van der Waals surface area contributed by atoms with Crippen molar-refractivity contribution in [1.82, 2.24) is 5.43 Å². The second-order valence-electron chi connectivity index (χ2n) is 6.41. The number of hydrogen-bond donors (Lipinski definition) is 3. The smallest absolute Gasteiger partial charge is 0.268 e. The van der Waals surface area contributed by atoms with E-state index in [1.165, 1.54) is 16.7 Å². The fraction of sp³-hybridized carbons (Fsp3) is 0.136. The summed E-state index contributed by atoms with van der Waals surface area (Å²) in [7, 11) is 0. The van der Waals surface area contributed by atoms with Crippen molar-refractivity contribution in [3.8, 4) is 16.9 Å². The largest absolute Gasteiger partial charge is 0.506 e. The van der Waals surface area contributed by atoms with Gasteiger partial charge in [-0.3, -0.25) is 10.2 Å². The molecule has 1 amide bonds. The van der Waals surface area contributed by atoms with Crippen molar-refractivity contribution in [2.75, 3.05) is 0 Å². The van der Waals surface area contributed by atoms with Gasteiger partial charge in [0.1, 0.15) is 5.75 Å². The summed E-state index contributed by atoms with van der Waals surface area (Å²) in [5.74, 6) is 4.72. The molecule has 4 N–H and O–H groups in total. The van der Waals surface area contributed by atoms with Gasteiger partial charge in [-0.25, -0.2) is 5.84 Å². The SMILES string of the molecule is Cc1cccc(Cc2cc(C(=O)NN)c(O)c(-c3ccccc3)c2)c1C. The van der Waals surface area contributed by atoms with Gasteiger partial charge in [-0.15, -0.1) is 0 Å². The maximum atomic E-state index is 12.1. The van der Waals surface area contributed by atoms with Gasteiger partial charge in [0, 0.05) is 5.56 Å². The highest BCUT2D eigenvalue weighted by Crippen LogP contribution is 2.34. The number of phenolic OH excluding ortho intramolecular Hbond substituents is 1. The van der Waals surface area contributed by atoms with Gasteiger partial charge in [0.25, 0.3) is 5.91 Å². The van der Waals surface area contributed by atoms with Crippen molar-refractivity contribution in [1.29, 1.82) is 0 Å². The molecule has 3 rings (SSSR count). The number of hydrogen-bond acceptors (Lipinski definition) is 3. The van der Waals surface area contributed by atoms with E-state index in [0.717, 1.165) is 11.1 Å². The number of rotatable bonds is 4. The lowest BCUT2D eigenvalue weighted by Crippen LogP contribution is -2.30. The van der Waals surface area contributed by atoms with Gasteiger partial charge in [0.05, 0.1) is 5.56 Å². The summed E-state index contributed by atoms with van der Waals surface area (Å²) in [4.78, 5) is 12.1. The minimum atomic E-state index is -0.512. The van der Waals surface area contributed by atoms with Gasteiger partial charge in [-0.2, -0.15) is 0 Å². The fourth-order valence-electron chi connectivity index (χ4n) is 3.11. The predicted octanol–water partition coefficient (Wildman–Crippen LogP) is 3.87. The number of nitrogen functional groups attached to an aromatic ring is 1. The first kappa shape index (κ1) is 17.7. The molecule has 0 bridgehead atoms. The molecule has 0 aliphatic carbocycles. The average molecular weight is 346 g/mol. The second-order valence-corrected chi connectivity index (χ2v) is 6.41. The van der Waals surface area contributed by atoms with Crippen LogP contribution in [0.1, 0.15) is 32.6 Å². The second kappa shape index (κ2) is 7.42. The Morgan fingerprint density at radius 1 is 1.04 bits per heavy atom. The number of benzene rings is 3. The number of aromatic hydroxyl groups is 1. The van der Waals surface area contributed by atoms with Gasteiger partial charge in [-0.05, 0) is 60.2 Å². The van der Waals surface area contributed by atoms with Crippen LogP contribution in [0.15, 0.2) is 60.7 Å². The van der Waals surface area contributed by atoms with E-state index in [9.17, 15) is 9.90 Å². The topological polar surface area (TPSA) is 75.4 Å². The summed E-state index contributed by atoms with van der Waals surface area (Å²) < 4.78 is 0. The molecule has 0 atom stereocenters. The fourth-order valence-corrected chi connectivity index (χ4v) is 3.11. The van der Waals surface area contributed by atoms with Crippen LogP contribution >= 0.6 is 0 Å². The standard InChI is InChI=1S/C22H22N2O2/c1-14-7-6-10-18(15(14)2)11-16-12-19(17-8-4-3-5-9-17)21(25)20(13-16)22(26)24-23/h3-10,12-13,25H,11,23H2,1-2H3,(H,24,26). The third-order valence-corrected chi connectivity index (χ3v) is 4.74. The van der Waals surface area contributed by atoms with E-state index < -0.39 is 5.91 Å². The van der Waals surface area contributed by atoms with Crippen LogP contribution in [0.4, 0.5) is 0 Å². The Balaban J connectivity index is 2.13. The van der Waals surface area contributed by atoms with E-state index in [4.69, 9.17) is 5.84 Å². The van der Waals surface area contributed by atoms with E-state index in [1.807, 2.05) is 42.5 Å². The van der Waals surface area contributed by atoms with Crippen LogP contribution in [0.25, 0.3) is 11.1 Å². The number of hydrazine groups is 1.